The molecule has 4 bridgehead atoms. The molecule has 7 nitrogen and oxygen atoms in total. The molecule has 0 amide bonds. The van der Waals surface area contributed by atoms with Gasteiger partial charge in [-0.1, -0.05) is 32.9 Å². The Bertz CT molecular complexity index is 913. The van der Waals surface area contributed by atoms with E-state index >= 15 is 0 Å². The van der Waals surface area contributed by atoms with E-state index in [-0.39, 0.29) is 67.2 Å². The molecule has 0 aromatic rings. The molecule has 0 aromatic heterocycles. The van der Waals surface area contributed by atoms with Crippen molar-refractivity contribution in [1.29, 1.82) is 0 Å². The molecule has 36 heavy (non-hydrogen) atoms. The van der Waals surface area contributed by atoms with Gasteiger partial charge in [0.1, 0.15) is 11.9 Å². The van der Waals surface area contributed by atoms with Crippen molar-refractivity contribution in [3.05, 3.63) is 35.8 Å². The van der Waals surface area contributed by atoms with Gasteiger partial charge in [-0.05, 0) is 54.6 Å². The number of hydrogen-bond donors (Lipinski definition) is 4. The van der Waals surface area contributed by atoms with Gasteiger partial charge in [-0.3, -0.25) is 0 Å². The first kappa shape index (κ1) is 26.2. The maximum atomic E-state index is 10.3. The van der Waals surface area contributed by atoms with Crippen LogP contribution in [0, 0.1) is 45.8 Å². The fourth-order valence-corrected chi connectivity index (χ4v) is 7.42. The number of ether oxygens (including phenoxy) is 3. The van der Waals surface area contributed by atoms with E-state index in [1.54, 1.807) is 0 Å². The van der Waals surface area contributed by atoms with Crippen molar-refractivity contribution < 1.29 is 34.6 Å². The summed E-state index contributed by atoms with van der Waals surface area (Å²) in [4.78, 5) is 0. The standard InChI is InChI=1S/C29H44O7/c1-27(15-31)9-8-21(10-20(27)12-30)34-14-23-26-24(11-25(36-26)29(23,3)17-33)35-13-22-18-4-6-19(7-5-18)28(22,2)16-32/h4,6,8,11,18-20,22-23,25-26,30-33H,5,7,9-10,12-17H2,1-3H3. The van der Waals surface area contributed by atoms with E-state index in [4.69, 9.17) is 14.2 Å². The Labute approximate surface area is 214 Å². The number of fused-ring (bicyclic) bond motifs is 4. The Morgan fingerprint density at radius 1 is 0.917 bits per heavy atom. The average molecular weight is 505 g/mol. The molecule has 0 spiro atoms. The van der Waals surface area contributed by atoms with Crippen LogP contribution in [0.5, 0.6) is 0 Å². The van der Waals surface area contributed by atoms with Crippen molar-refractivity contribution in [1.82, 2.24) is 0 Å². The van der Waals surface area contributed by atoms with E-state index < -0.39 is 5.41 Å². The summed E-state index contributed by atoms with van der Waals surface area (Å²) in [6.07, 6.45) is 11.7. The van der Waals surface area contributed by atoms with Gasteiger partial charge in [-0.2, -0.15) is 0 Å². The van der Waals surface area contributed by atoms with E-state index in [9.17, 15) is 20.4 Å². The largest absolute Gasteiger partial charge is 0.498 e. The second-order valence-corrected chi connectivity index (χ2v) is 12.7. The van der Waals surface area contributed by atoms with E-state index in [2.05, 4.69) is 19.1 Å². The van der Waals surface area contributed by atoms with Gasteiger partial charge in [0.2, 0.25) is 0 Å². The van der Waals surface area contributed by atoms with Crippen molar-refractivity contribution in [2.24, 2.45) is 45.8 Å². The van der Waals surface area contributed by atoms with Crippen LogP contribution < -0.4 is 0 Å². The minimum atomic E-state index is -0.463. The van der Waals surface area contributed by atoms with Crippen molar-refractivity contribution in [2.45, 2.75) is 58.7 Å². The highest BCUT2D eigenvalue weighted by Crippen LogP contribution is 2.55. The topological polar surface area (TPSA) is 109 Å². The number of allylic oxidation sites excluding steroid dienone is 4. The van der Waals surface area contributed by atoms with E-state index in [0.29, 0.717) is 37.9 Å². The van der Waals surface area contributed by atoms with Gasteiger partial charge in [0.05, 0.1) is 31.7 Å². The summed E-state index contributed by atoms with van der Waals surface area (Å²) >= 11 is 0. The molecule has 202 valence electrons. The van der Waals surface area contributed by atoms with Crippen molar-refractivity contribution in [3.63, 3.8) is 0 Å². The van der Waals surface area contributed by atoms with Gasteiger partial charge < -0.3 is 34.6 Å². The van der Waals surface area contributed by atoms with Crippen LogP contribution in [0.2, 0.25) is 0 Å². The Hall–Kier alpha value is -1.38. The van der Waals surface area contributed by atoms with E-state index in [1.807, 2.05) is 26.0 Å². The molecule has 2 aliphatic heterocycles. The van der Waals surface area contributed by atoms with Crippen molar-refractivity contribution in [3.8, 4) is 0 Å². The monoisotopic (exact) mass is 504 g/mol. The number of rotatable bonds is 10. The number of hydrogen-bond acceptors (Lipinski definition) is 7. The Morgan fingerprint density at radius 3 is 2.31 bits per heavy atom. The summed E-state index contributed by atoms with van der Waals surface area (Å²) in [5.41, 5.74) is -0.967. The van der Waals surface area contributed by atoms with Gasteiger partial charge in [-0.15, -0.1) is 0 Å². The molecule has 2 heterocycles. The lowest BCUT2D eigenvalue weighted by atomic mass is 9.54. The van der Waals surface area contributed by atoms with Gasteiger partial charge in [0.15, 0.2) is 0 Å². The molecule has 2 fully saturated rings. The highest BCUT2D eigenvalue weighted by Gasteiger charge is 2.59. The van der Waals surface area contributed by atoms with Gasteiger partial charge in [0.25, 0.3) is 0 Å². The molecule has 10 atom stereocenters. The number of aliphatic hydroxyl groups excluding tert-OH is 4. The van der Waals surface area contributed by atoms with Crippen molar-refractivity contribution >= 4 is 0 Å². The van der Waals surface area contributed by atoms with Gasteiger partial charge >= 0.3 is 0 Å². The van der Waals surface area contributed by atoms with E-state index in [0.717, 1.165) is 24.4 Å². The molecule has 0 aromatic carbocycles. The first-order chi connectivity index (χ1) is 17.2. The average Bonchev–Trinajstić information content (AvgIpc) is 3.44. The molecule has 4 aliphatic carbocycles. The maximum absolute atomic E-state index is 10.3. The van der Waals surface area contributed by atoms with Gasteiger partial charge in [-0.25, -0.2) is 0 Å². The lowest BCUT2D eigenvalue weighted by Crippen LogP contribution is -2.49. The molecule has 6 aliphatic rings. The SMILES string of the molecule is CC1(CO)CC=C(OCC2C3OC(C=C3OCC3C4C=CC(CC4)C3(C)CO)C2(C)CO)CC1CO. The third-order valence-corrected chi connectivity index (χ3v) is 10.7. The first-order valence-corrected chi connectivity index (χ1v) is 13.7. The predicted molar refractivity (Wildman–Crippen MR) is 134 cm³/mol. The smallest absolute Gasteiger partial charge is 0.124 e. The fraction of sp³-hybridized carbons (Fsp3) is 0.793. The molecule has 1 saturated carbocycles. The Balaban J connectivity index is 1.26. The molecular weight excluding hydrogens is 460 g/mol. The van der Waals surface area contributed by atoms with Crippen LogP contribution in [0.15, 0.2) is 35.8 Å². The maximum Gasteiger partial charge on any atom is 0.124 e. The molecule has 6 rings (SSSR count). The summed E-state index contributed by atoms with van der Waals surface area (Å²) in [6, 6.07) is 0. The zero-order valence-corrected chi connectivity index (χ0v) is 21.9. The summed E-state index contributed by atoms with van der Waals surface area (Å²) < 4.78 is 19.0. The third-order valence-electron chi connectivity index (χ3n) is 10.7. The first-order valence-electron chi connectivity index (χ1n) is 13.7. The quantitative estimate of drug-likeness (QED) is 0.339. The molecule has 7 heteroatoms. The van der Waals surface area contributed by atoms with Crippen LogP contribution >= 0.6 is 0 Å². The molecule has 1 saturated heterocycles. The fourth-order valence-electron chi connectivity index (χ4n) is 7.42. The van der Waals surface area contributed by atoms with Crippen LogP contribution in [-0.2, 0) is 14.2 Å². The molecule has 4 N–H and O–H groups in total. The summed E-state index contributed by atoms with van der Waals surface area (Å²) in [5.74, 6) is 2.61. The Morgan fingerprint density at radius 2 is 1.67 bits per heavy atom. The third kappa shape index (κ3) is 4.06. The molecular formula is C29H44O7. The predicted octanol–water partition coefficient (Wildman–Crippen LogP) is 2.79. The Kier molecular flexibility index (Phi) is 7.09. The molecule has 10 unspecified atom stereocenters. The second-order valence-electron chi connectivity index (χ2n) is 12.7. The summed E-state index contributed by atoms with van der Waals surface area (Å²) in [6.45, 7) is 7.36. The lowest BCUT2D eigenvalue weighted by molar-refractivity contribution is -0.0641. The minimum Gasteiger partial charge on any atom is -0.498 e. The van der Waals surface area contributed by atoms with Crippen LogP contribution in [0.4, 0.5) is 0 Å². The highest BCUT2D eigenvalue weighted by molar-refractivity contribution is 5.25. The zero-order valence-electron chi connectivity index (χ0n) is 21.9. The lowest BCUT2D eigenvalue weighted by Gasteiger charge is -2.52. The zero-order chi connectivity index (χ0) is 25.7. The number of aliphatic hydroxyl groups is 4. The minimum absolute atomic E-state index is 0.00731. The van der Waals surface area contributed by atoms with Crippen LogP contribution in [0.1, 0.15) is 46.5 Å². The van der Waals surface area contributed by atoms with Crippen LogP contribution in [0.25, 0.3) is 0 Å². The van der Waals surface area contributed by atoms with Crippen LogP contribution in [0.3, 0.4) is 0 Å². The second kappa shape index (κ2) is 9.73. The van der Waals surface area contributed by atoms with Gasteiger partial charge in [0, 0.05) is 48.9 Å². The molecule has 0 radical (unpaired) electrons. The summed E-state index contributed by atoms with van der Waals surface area (Å²) in [5, 5.41) is 40.2. The normalized spacial score (nSPS) is 47.1. The summed E-state index contributed by atoms with van der Waals surface area (Å²) in [7, 11) is 0. The van der Waals surface area contributed by atoms with Crippen LogP contribution in [-0.4, -0.2) is 72.3 Å². The van der Waals surface area contributed by atoms with E-state index in [1.165, 1.54) is 0 Å². The highest BCUT2D eigenvalue weighted by atomic mass is 16.6. The van der Waals surface area contributed by atoms with Crippen molar-refractivity contribution in [2.75, 3.05) is 39.6 Å².